The smallest absolute Gasteiger partial charge is 0.268 e. The first-order chi connectivity index (χ1) is 16.0. The SMILES string of the molecule is Cn1c(C(=O)NC2CCCCC2C(=O)NC(C#N)CCC(=O)NC2CC2)cc2ccccc21. The standard InChI is InChI=1S/C25H31N5O3/c1-30-21-9-5-2-6-16(21)14-22(30)25(33)29-20-8-4-3-7-19(20)24(32)28-18(15-26)12-13-23(31)27-17-10-11-17/h2,5-6,9,14,17-20H,3-4,7-8,10-13H2,1H3,(H,27,31)(H,28,32)(H,29,33). The van der Waals surface area contributed by atoms with E-state index in [4.69, 9.17) is 0 Å². The second-order valence-electron chi connectivity index (χ2n) is 9.19. The second-order valence-corrected chi connectivity index (χ2v) is 9.19. The van der Waals surface area contributed by atoms with Gasteiger partial charge in [0.15, 0.2) is 0 Å². The first-order valence-corrected chi connectivity index (χ1v) is 11.8. The topological polar surface area (TPSA) is 116 Å². The average Bonchev–Trinajstić information content (AvgIpc) is 3.57. The fourth-order valence-corrected chi connectivity index (χ4v) is 4.62. The summed E-state index contributed by atoms with van der Waals surface area (Å²) in [5.74, 6) is -0.906. The van der Waals surface area contributed by atoms with Gasteiger partial charge in [0.05, 0.1) is 12.0 Å². The molecule has 0 spiro atoms. The zero-order valence-electron chi connectivity index (χ0n) is 19.0. The highest BCUT2D eigenvalue weighted by Crippen LogP contribution is 2.26. The van der Waals surface area contributed by atoms with Crippen LogP contribution in [-0.4, -0.2) is 40.4 Å². The molecule has 3 atom stereocenters. The lowest BCUT2D eigenvalue weighted by Gasteiger charge is -2.31. The molecular formula is C25H31N5O3. The number of hydrogen-bond acceptors (Lipinski definition) is 4. The van der Waals surface area contributed by atoms with E-state index in [-0.39, 0.29) is 42.6 Å². The van der Waals surface area contributed by atoms with Crippen LogP contribution >= 0.6 is 0 Å². The number of carbonyl (C=O) groups is 3. The Kier molecular flexibility index (Phi) is 6.97. The van der Waals surface area contributed by atoms with Crippen LogP contribution in [0.2, 0.25) is 0 Å². The summed E-state index contributed by atoms with van der Waals surface area (Å²) in [7, 11) is 1.86. The molecule has 0 aliphatic heterocycles. The highest BCUT2D eigenvalue weighted by molar-refractivity contribution is 5.99. The third-order valence-electron chi connectivity index (χ3n) is 6.68. The fraction of sp³-hybridized carbons (Fsp3) is 0.520. The molecule has 0 bridgehead atoms. The van der Waals surface area contributed by atoms with Gasteiger partial charge >= 0.3 is 0 Å². The third kappa shape index (κ3) is 5.54. The molecule has 2 aliphatic rings. The van der Waals surface area contributed by atoms with Crippen molar-refractivity contribution in [2.24, 2.45) is 13.0 Å². The maximum atomic E-state index is 13.1. The summed E-state index contributed by atoms with van der Waals surface area (Å²) in [5.41, 5.74) is 1.53. The number of fused-ring (bicyclic) bond motifs is 1. The van der Waals surface area contributed by atoms with Gasteiger partial charge in [-0.3, -0.25) is 14.4 Å². The van der Waals surface area contributed by atoms with Crippen LogP contribution < -0.4 is 16.0 Å². The molecule has 2 saturated carbocycles. The largest absolute Gasteiger partial charge is 0.353 e. The highest BCUT2D eigenvalue weighted by Gasteiger charge is 2.34. The van der Waals surface area contributed by atoms with E-state index in [1.54, 1.807) is 0 Å². The van der Waals surface area contributed by atoms with Crippen LogP contribution in [-0.2, 0) is 16.6 Å². The molecule has 1 aromatic carbocycles. The summed E-state index contributed by atoms with van der Waals surface area (Å²) in [6.07, 6.45) is 5.73. The van der Waals surface area contributed by atoms with Gasteiger partial charge < -0.3 is 20.5 Å². The van der Waals surface area contributed by atoms with Gasteiger partial charge in [0.2, 0.25) is 11.8 Å². The number of benzene rings is 1. The van der Waals surface area contributed by atoms with Crippen molar-refractivity contribution in [1.29, 1.82) is 5.26 Å². The molecule has 2 aromatic rings. The van der Waals surface area contributed by atoms with E-state index >= 15 is 0 Å². The molecule has 1 aromatic heterocycles. The summed E-state index contributed by atoms with van der Waals surface area (Å²) in [4.78, 5) is 38.0. The van der Waals surface area contributed by atoms with Gasteiger partial charge in [0, 0.05) is 36.5 Å². The molecule has 3 unspecified atom stereocenters. The molecule has 2 fully saturated rings. The summed E-state index contributed by atoms with van der Waals surface area (Å²) in [5, 5.41) is 19.2. The van der Waals surface area contributed by atoms with E-state index in [9.17, 15) is 19.6 Å². The van der Waals surface area contributed by atoms with Crippen molar-refractivity contribution >= 4 is 28.6 Å². The van der Waals surface area contributed by atoms with Gasteiger partial charge in [0.25, 0.3) is 5.91 Å². The van der Waals surface area contributed by atoms with Crippen LogP contribution in [0, 0.1) is 17.2 Å². The van der Waals surface area contributed by atoms with Crippen molar-refractivity contribution in [3.8, 4) is 6.07 Å². The van der Waals surface area contributed by atoms with Crippen LogP contribution in [0.4, 0.5) is 0 Å². The number of aryl methyl sites for hydroxylation is 1. The third-order valence-corrected chi connectivity index (χ3v) is 6.68. The van der Waals surface area contributed by atoms with Crippen molar-refractivity contribution in [1.82, 2.24) is 20.5 Å². The molecule has 8 heteroatoms. The lowest BCUT2D eigenvalue weighted by molar-refractivity contribution is -0.127. The molecule has 33 heavy (non-hydrogen) atoms. The van der Waals surface area contributed by atoms with E-state index in [0.29, 0.717) is 12.1 Å². The van der Waals surface area contributed by atoms with Gasteiger partial charge in [-0.05, 0) is 44.2 Å². The molecule has 0 radical (unpaired) electrons. The minimum Gasteiger partial charge on any atom is -0.353 e. The molecule has 1 heterocycles. The average molecular weight is 450 g/mol. The van der Waals surface area contributed by atoms with Crippen molar-refractivity contribution < 1.29 is 14.4 Å². The molecule has 8 nitrogen and oxygen atoms in total. The lowest BCUT2D eigenvalue weighted by atomic mass is 9.83. The molecular weight excluding hydrogens is 418 g/mol. The van der Waals surface area contributed by atoms with Crippen molar-refractivity contribution in [2.45, 2.75) is 69.5 Å². The minimum absolute atomic E-state index is 0.0789. The summed E-state index contributed by atoms with van der Waals surface area (Å²) in [6.45, 7) is 0. The predicted molar refractivity (Wildman–Crippen MR) is 124 cm³/mol. The highest BCUT2D eigenvalue weighted by atomic mass is 16.2. The van der Waals surface area contributed by atoms with Crippen LogP contribution in [0.15, 0.2) is 30.3 Å². The number of nitrogens with zero attached hydrogens (tertiary/aromatic N) is 2. The zero-order valence-corrected chi connectivity index (χ0v) is 19.0. The van der Waals surface area contributed by atoms with Crippen molar-refractivity contribution in [2.75, 3.05) is 0 Å². The van der Waals surface area contributed by atoms with E-state index < -0.39 is 12.0 Å². The monoisotopic (exact) mass is 449 g/mol. The first-order valence-electron chi connectivity index (χ1n) is 11.8. The summed E-state index contributed by atoms with van der Waals surface area (Å²) < 4.78 is 1.86. The maximum absolute atomic E-state index is 13.1. The number of nitriles is 1. The number of aromatic nitrogens is 1. The Bertz CT molecular complexity index is 1080. The van der Waals surface area contributed by atoms with Crippen molar-refractivity contribution in [3.05, 3.63) is 36.0 Å². The number of hydrogen-bond donors (Lipinski definition) is 3. The quantitative estimate of drug-likeness (QED) is 0.574. The van der Waals surface area contributed by atoms with Gasteiger partial charge in [-0.25, -0.2) is 0 Å². The van der Waals surface area contributed by atoms with E-state index in [1.165, 1.54) is 0 Å². The number of nitrogens with one attached hydrogen (secondary N) is 3. The molecule has 174 valence electrons. The van der Waals surface area contributed by atoms with E-state index in [1.807, 2.05) is 41.9 Å². The van der Waals surface area contributed by atoms with Crippen LogP contribution in [0.5, 0.6) is 0 Å². The van der Waals surface area contributed by atoms with Crippen LogP contribution in [0.25, 0.3) is 10.9 Å². The Balaban J connectivity index is 1.36. The van der Waals surface area contributed by atoms with Crippen LogP contribution in [0.3, 0.4) is 0 Å². The minimum atomic E-state index is -0.723. The second kappa shape index (κ2) is 10.1. The Morgan fingerprint density at radius 3 is 2.61 bits per heavy atom. The van der Waals surface area contributed by atoms with E-state index in [2.05, 4.69) is 22.0 Å². The van der Waals surface area contributed by atoms with Gasteiger partial charge in [0.1, 0.15) is 11.7 Å². The molecule has 2 aliphatic carbocycles. The summed E-state index contributed by atoms with van der Waals surface area (Å²) in [6, 6.07) is 11.0. The molecule has 3 amide bonds. The molecule has 4 rings (SSSR count). The lowest BCUT2D eigenvalue weighted by Crippen LogP contribution is -2.50. The van der Waals surface area contributed by atoms with Crippen LogP contribution in [0.1, 0.15) is 61.9 Å². The predicted octanol–water partition coefficient (Wildman–Crippen LogP) is 2.53. The normalized spacial score (nSPS) is 21.1. The van der Waals surface area contributed by atoms with Gasteiger partial charge in [-0.2, -0.15) is 5.26 Å². The maximum Gasteiger partial charge on any atom is 0.268 e. The number of carbonyl (C=O) groups excluding carboxylic acids is 3. The van der Waals surface area contributed by atoms with Gasteiger partial charge in [-0.15, -0.1) is 0 Å². The Hall–Kier alpha value is -3.34. The fourth-order valence-electron chi connectivity index (χ4n) is 4.62. The summed E-state index contributed by atoms with van der Waals surface area (Å²) >= 11 is 0. The number of rotatable bonds is 8. The molecule has 3 N–H and O–H groups in total. The Labute approximate surface area is 193 Å². The van der Waals surface area contributed by atoms with E-state index in [0.717, 1.165) is 43.0 Å². The number of amides is 3. The number of para-hydroxylation sites is 1. The zero-order chi connectivity index (χ0) is 23.4. The first kappa shape index (κ1) is 22.8. The Morgan fingerprint density at radius 1 is 1.12 bits per heavy atom. The van der Waals surface area contributed by atoms with Gasteiger partial charge in [-0.1, -0.05) is 31.0 Å². The van der Waals surface area contributed by atoms with Crippen molar-refractivity contribution in [3.63, 3.8) is 0 Å². The molecule has 0 saturated heterocycles. The Morgan fingerprint density at radius 2 is 1.88 bits per heavy atom.